The Morgan fingerprint density at radius 2 is 2.00 bits per heavy atom. The first kappa shape index (κ1) is 15.3. The molecule has 114 valence electrons. The Hall–Kier alpha value is -1.06. The van der Waals surface area contributed by atoms with Gasteiger partial charge in [0, 0.05) is 19.1 Å². The van der Waals surface area contributed by atoms with Crippen molar-refractivity contribution in [3.05, 3.63) is 0 Å². The topological polar surface area (TPSA) is 49.4 Å². The van der Waals surface area contributed by atoms with Crippen molar-refractivity contribution in [2.24, 2.45) is 11.8 Å². The first-order chi connectivity index (χ1) is 9.69. The lowest BCUT2D eigenvalue weighted by atomic mass is 9.99. The molecule has 1 aliphatic carbocycles. The first-order valence-electron chi connectivity index (χ1n) is 8.27. The fourth-order valence-electron chi connectivity index (χ4n) is 3.21. The van der Waals surface area contributed by atoms with Gasteiger partial charge in [0.25, 0.3) is 0 Å². The van der Waals surface area contributed by atoms with Gasteiger partial charge < -0.3 is 10.2 Å². The molecule has 3 unspecified atom stereocenters. The fraction of sp³-hybridized carbons (Fsp3) is 0.875. The van der Waals surface area contributed by atoms with E-state index in [1.54, 1.807) is 0 Å². The van der Waals surface area contributed by atoms with E-state index in [9.17, 15) is 9.59 Å². The summed E-state index contributed by atoms with van der Waals surface area (Å²) in [6.07, 6.45) is 7.36. The molecule has 2 amide bonds. The summed E-state index contributed by atoms with van der Waals surface area (Å²) in [6.45, 7) is 5.89. The van der Waals surface area contributed by atoms with Crippen LogP contribution in [-0.4, -0.2) is 35.8 Å². The van der Waals surface area contributed by atoms with E-state index < -0.39 is 0 Å². The van der Waals surface area contributed by atoms with Crippen LogP contribution in [-0.2, 0) is 9.59 Å². The number of carbonyl (C=O) groups is 2. The summed E-state index contributed by atoms with van der Waals surface area (Å²) in [4.78, 5) is 26.5. The Labute approximate surface area is 122 Å². The van der Waals surface area contributed by atoms with E-state index in [1.165, 1.54) is 6.42 Å². The molecule has 1 aliphatic heterocycles. The molecule has 0 aromatic heterocycles. The van der Waals surface area contributed by atoms with Crippen molar-refractivity contribution >= 4 is 11.8 Å². The predicted octanol–water partition coefficient (Wildman–Crippen LogP) is 2.33. The van der Waals surface area contributed by atoms with E-state index in [1.807, 2.05) is 4.90 Å². The summed E-state index contributed by atoms with van der Waals surface area (Å²) < 4.78 is 0. The molecule has 0 aromatic rings. The van der Waals surface area contributed by atoms with Crippen LogP contribution in [0.15, 0.2) is 0 Å². The minimum atomic E-state index is -0.0567. The van der Waals surface area contributed by atoms with E-state index in [0.717, 1.165) is 51.6 Å². The highest BCUT2D eigenvalue weighted by Crippen LogP contribution is 2.41. The monoisotopic (exact) mass is 280 g/mol. The molecule has 4 heteroatoms. The normalized spacial score (nSPS) is 29.1. The maximum absolute atomic E-state index is 12.5. The van der Waals surface area contributed by atoms with Crippen LogP contribution in [0, 0.1) is 11.8 Å². The molecular formula is C16H28N2O2. The number of rotatable bonds is 6. The summed E-state index contributed by atoms with van der Waals surface area (Å²) in [7, 11) is 0. The summed E-state index contributed by atoms with van der Waals surface area (Å²) in [5, 5.41) is 2.95. The largest absolute Gasteiger partial charge is 0.356 e. The maximum atomic E-state index is 12.5. The zero-order valence-corrected chi connectivity index (χ0v) is 12.9. The molecule has 1 N–H and O–H groups in total. The predicted molar refractivity (Wildman–Crippen MR) is 79.2 cm³/mol. The van der Waals surface area contributed by atoms with Crippen molar-refractivity contribution in [3.63, 3.8) is 0 Å². The smallest absolute Gasteiger partial charge is 0.226 e. The molecule has 2 fully saturated rings. The van der Waals surface area contributed by atoms with Crippen molar-refractivity contribution in [1.29, 1.82) is 0 Å². The van der Waals surface area contributed by atoms with Crippen molar-refractivity contribution in [2.45, 2.75) is 64.8 Å². The van der Waals surface area contributed by atoms with E-state index in [-0.39, 0.29) is 23.7 Å². The van der Waals surface area contributed by atoms with Crippen molar-refractivity contribution in [2.75, 3.05) is 13.1 Å². The number of nitrogens with zero attached hydrogens (tertiary/aromatic N) is 1. The van der Waals surface area contributed by atoms with Gasteiger partial charge in [0.1, 0.15) is 0 Å². The van der Waals surface area contributed by atoms with Gasteiger partial charge in [-0.15, -0.1) is 0 Å². The second kappa shape index (κ2) is 7.09. The third-order valence-electron chi connectivity index (χ3n) is 4.66. The molecular weight excluding hydrogens is 252 g/mol. The average molecular weight is 280 g/mol. The van der Waals surface area contributed by atoms with Crippen molar-refractivity contribution < 1.29 is 9.59 Å². The van der Waals surface area contributed by atoms with Gasteiger partial charge in [-0.1, -0.05) is 20.3 Å². The third kappa shape index (κ3) is 3.53. The minimum absolute atomic E-state index is 0.0382. The third-order valence-corrected chi connectivity index (χ3v) is 4.66. The minimum Gasteiger partial charge on any atom is -0.356 e. The average Bonchev–Trinajstić information content (AvgIpc) is 3.27. The summed E-state index contributed by atoms with van der Waals surface area (Å²) in [6, 6.07) is 0.403. The Morgan fingerprint density at radius 3 is 2.70 bits per heavy atom. The van der Waals surface area contributed by atoms with Crippen LogP contribution in [0.5, 0.6) is 0 Å². The van der Waals surface area contributed by atoms with Crippen LogP contribution in [0.3, 0.4) is 0 Å². The summed E-state index contributed by atoms with van der Waals surface area (Å²) in [5.74, 6) is 0.219. The molecule has 1 saturated heterocycles. The standard InChI is InChI=1S/C16H28N2O2/c1-3-5-9-17-15(19)13-11-14(13)16(20)18-10-7-6-8-12(18)4-2/h12-14H,3-11H2,1-2H3,(H,17,19). The number of amides is 2. The molecule has 3 atom stereocenters. The molecule has 1 heterocycles. The number of likely N-dealkylation sites (tertiary alicyclic amines) is 1. The highest BCUT2D eigenvalue weighted by molar-refractivity contribution is 5.92. The number of unbranched alkanes of at least 4 members (excludes halogenated alkanes) is 1. The highest BCUT2D eigenvalue weighted by Gasteiger charge is 2.50. The van der Waals surface area contributed by atoms with Gasteiger partial charge in [0.2, 0.25) is 11.8 Å². The summed E-state index contributed by atoms with van der Waals surface area (Å²) >= 11 is 0. The Kier molecular flexibility index (Phi) is 5.44. The second-order valence-corrected chi connectivity index (χ2v) is 6.18. The van der Waals surface area contributed by atoms with Gasteiger partial charge in [-0.05, 0) is 38.5 Å². The van der Waals surface area contributed by atoms with Crippen LogP contribution in [0.2, 0.25) is 0 Å². The highest BCUT2D eigenvalue weighted by atomic mass is 16.2. The summed E-state index contributed by atoms with van der Waals surface area (Å²) in [5.41, 5.74) is 0. The lowest BCUT2D eigenvalue weighted by Crippen LogP contribution is -2.44. The Balaban J connectivity index is 1.81. The van der Waals surface area contributed by atoms with Crippen LogP contribution < -0.4 is 5.32 Å². The Bertz CT molecular complexity index is 356. The number of hydrogen-bond donors (Lipinski definition) is 1. The SMILES string of the molecule is CCCCNC(=O)C1CC1C(=O)N1CCCCC1CC. The number of carbonyl (C=O) groups excluding carboxylic acids is 2. The Morgan fingerprint density at radius 1 is 1.20 bits per heavy atom. The molecule has 2 aliphatic rings. The molecule has 20 heavy (non-hydrogen) atoms. The van der Waals surface area contributed by atoms with Gasteiger partial charge in [0.15, 0.2) is 0 Å². The maximum Gasteiger partial charge on any atom is 0.226 e. The fourth-order valence-corrected chi connectivity index (χ4v) is 3.21. The van der Waals surface area contributed by atoms with Crippen LogP contribution >= 0.6 is 0 Å². The van der Waals surface area contributed by atoms with Crippen LogP contribution in [0.25, 0.3) is 0 Å². The number of nitrogens with one attached hydrogen (secondary N) is 1. The van der Waals surface area contributed by atoms with Gasteiger partial charge in [-0.3, -0.25) is 9.59 Å². The molecule has 0 radical (unpaired) electrons. The van der Waals surface area contributed by atoms with Gasteiger partial charge >= 0.3 is 0 Å². The molecule has 0 bridgehead atoms. The first-order valence-corrected chi connectivity index (χ1v) is 8.27. The van der Waals surface area contributed by atoms with Crippen LogP contribution in [0.1, 0.15) is 58.8 Å². The molecule has 1 saturated carbocycles. The number of hydrogen-bond acceptors (Lipinski definition) is 2. The van der Waals surface area contributed by atoms with Crippen molar-refractivity contribution in [3.8, 4) is 0 Å². The van der Waals surface area contributed by atoms with E-state index in [4.69, 9.17) is 0 Å². The van der Waals surface area contributed by atoms with E-state index in [0.29, 0.717) is 6.04 Å². The van der Waals surface area contributed by atoms with Gasteiger partial charge in [0.05, 0.1) is 11.8 Å². The lowest BCUT2D eigenvalue weighted by Gasteiger charge is -2.35. The zero-order valence-electron chi connectivity index (χ0n) is 12.9. The molecule has 0 aromatic carbocycles. The van der Waals surface area contributed by atoms with E-state index >= 15 is 0 Å². The van der Waals surface area contributed by atoms with E-state index in [2.05, 4.69) is 19.2 Å². The second-order valence-electron chi connectivity index (χ2n) is 6.18. The lowest BCUT2D eigenvalue weighted by molar-refractivity contribution is -0.138. The van der Waals surface area contributed by atoms with Gasteiger partial charge in [-0.25, -0.2) is 0 Å². The van der Waals surface area contributed by atoms with Crippen LogP contribution in [0.4, 0.5) is 0 Å². The number of piperidine rings is 1. The molecule has 2 rings (SSSR count). The quantitative estimate of drug-likeness (QED) is 0.759. The molecule has 0 spiro atoms. The van der Waals surface area contributed by atoms with Gasteiger partial charge in [-0.2, -0.15) is 0 Å². The zero-order chi connectivity index (χ0) is 14.5. The van der Waals surface area contributed by atoms with Crippen molar-refractivity contribution in [1.82, 2.24) is 10.2 Å². The molecule has 4 nitrogen and oxygen atoms in total.